The number of nitrogens with one attached hydrogen (secondary N) is 1. The third kappa shape index (κ3) is 5.49. The van der Waals surface area contributed by atoms with Gasteiger partial charge in [-0.05, 0) is 67.7 Å². The van der Waals surface area contributed by atoms with E-state index in [9.17, 15) is 14.4 Å². The van der Waals surface area contributed by atoms with Crippen LogP contribution < -0.4 is 10.1 Å². The lowest BCUT2D eigenvalue weighted by molar-refractivity contribution is -0.120. The maximum absolute atomic E-state index is 13.9. The largest absolute Gasteiger partial charge is 0.483 e. The van der Waals surface area contributed by atoms with Crippen molar-refractivity contribution >= 4 is 23.2 Å². The summed E-state index contributed by atoms with van der Waals surface area (Å²) in [6.45, 7) is 15.2. The molecule has 216 valence electrons. The molecule has 3 aliphatic rings. The predicted octanol–water partition coefficient (Wildman–Crippen LogP) is 7.03. The normalized spacial score (nSPS) is 20.1. The molecule has 0 saturated heterocycles. The summed E-state index contributed by atoms with van der Waals surface area (Å²) in [7, 11) is 0. The molecule has 2 aromatic rings. The van der Waals surface area contributed by atoms with Crippen molar-refractivity contribution < 1.29 is 19.1 Å². The first kappa shape index (κ1) is 28.8. The maximum Gasteiger partial charge on any atom is 0.262 e. The smallest absolute Gasteiger partial charge is 0.262 e. The van der Waals surface area contributed by atoms with Crippen LogP contribution in [0.15, 0.2) is 65.0 Å². The number of Topliss-reactive ketones (excluding diaryl/α,β-unsaturated/α-hetero) is 2. The van der Waals surface area contributed by atoms with Gasteiger partial charge >= 0.3 is 0 Å². The molecular formula is C35H42N2O4. The summed E-state index contributed by atoms with van der Waals surface area (Å²) >= 11 is 0. The zero-order chi connectivity index (χ0) is 29.7. The van der Waals surface area contributed by atoms with Gasteiger partial charge in [0, 0.05) is 59.1 Å². The molecule has 1 aliphatic heterocycles. The molecule has 0 spiro atoms. The second kappa shape index (κ2) is 10.6. The van der Waals surface area contributed by atoms with Crippen LogP contribution in [-0.2, 0) is 14.4 Å². The lowest BCUT2D eigenvalue weighted by atomic mass is 9.63. The van der Waals surface area contributed by atoms with Crippen LogP contribution in [0.25, 0.3) is 0 Å². The number of anilines is 1. The minimum absolute atomic E-state index is 0.0892. The molecule has 41 heavy (non-hydrogen) atoms. The molecule has 0 unspecified atom stereocenters. The van der Waals surface area contributed by atoms with E-state index < -0.39 is 5.92 Å². The topological polar surface area (TPSA) is 75.7 Å². The highest BCUT2D eigenvalue weighted by Gasteiger charge is 2.49. The molecule has 0 aromatic heterocycles. The Hall–Kier alpha value is -3.67. The van der Waals surface area contributed by atoms with Crippen LogP contribution in [0.5, 0.6) is 5.75 Å². The highest BCUT2D eigenvalue weighted by atomic mass is 16.5. The highest BCUT2D eigenvalue weighted by Crippen LogP contribution is 2.55. The summed E-state index contributed by atoms with van der Waals surface area (Å²) < 4.78 is 6.17. The summed E-state index contributed by atoms with van der Waals surface area (Å²) in [4.78, 5) is 43.0. The molecule has 1 amide bonds. The Morgan fingerprint density at radius 2 is 1.46 bits per heavy atom. The van der Waals surface area contributed by atoms with Crippen LogP contribution in [0.2, 0.25) is 0 Å². The molecule has 2 aromatic carbocycles. The monoisotopic (exact) mass is 554 g/mol. The molecular weight excluding hydrogens is 512 g/mol. The van der Waals surface area contributed by atoms with Crippen molar-refractivity contribution in [2.45, 2.75) is 80.1 Å². The quantitative estimate of drug-likeness (QED) is 0.415. The van der Waals surface area contributed by atoms with Gasteiger partial charge in [-0.2, -0.15) is 0 Å². The van der Waals surface area contributed by atoms with E-state index in [4.69, 9.17) is 4.74 Å². The van der Waals surface area contributed by atoms with E-state index in [0.717, 1.165) is 46.6 Å². The summed E-state index contributed by atoms with van der Waals surface area (Å²) in [6.07, 6.45) is 2.41. The predicted molar refractivity (Wildman–Crippen MR) is 162 cm³/mol. The molecule has 1 heterocycles. The third-order valence-electron chi connectivity index (χ3n) is 8.81. The third-order valence-corrected chi connectivity index (χ3v) is 8.81. The van der Waals surface area contributed by atoms with Crippen LogP contribution in [-0.4, -0.2) is 35.5 Å². The number of allylic oxidation sites excluding steroid dienone is 4. The van der Waals surface area contributed by atoms with Gasteiger partial charge in [0.1, 0.15) is 5.75 Å². The van der Waals surface area contributed by atoms with Gasteiger partial charge in [0.15, 0.2) is 18.2 Å². The van der Waals surface area contributed by atoms with Crippen LogP contribution in [0.1, 0.15) is 82.9 Å². The number of rotatable bonds is 6. The molecule has 1 N–H and O–H groups in total. The van der Waals surface area contributed by atoms with Gasteiger partial charge in [0.25, 0.3) is 5.91 Å². The summed E-state index contributed by atoms with van der Waals surface area (Å²) in [5.41, 5.74) is 6.81. The first-order chi connectivity index (χ1) is 19.3. The van der Waals surface area contributed by atoms with Gasteiger partial charge < -0.3 is 15.0 Å². The number of hydrogen-bond acceptors (Lipinski definition) is 5. The Labute approximate surface area is 243 Å². The van der Waals surface area contributed by atoms with Crippen molar-refractivity contribution in [3.63, 3.8) is 0 Å². The van der Waals surface area contributed by atoms with Gasteiger partial charge in [-0.3, -0.25) is 14.4 Å². The van der Waals surface area contributed by atoms with Crippen molar-refractivity contribution in [1.82, 2.24) is 4.90 Å². The maximum atomic E-state index is 13.9. The second-order valence-corrected chi connectivity index (χ2v) is 13.4. The Kier molecular flexibility index (Phi) is 7.47. The molecule has 0 fully saturated rings. The van der Waals surface area contributed by atoms with E-state index in [1.165, 1.54) is 0 Å². The van der Waals surface area contributed by atoms with Crippen LogP contribution >= 0.6 is 0 Å². The minimum Gasteiger partial charge on any atom is -0.483 e. The number of nitrogens with zero attached hydrogens (tertiary/aromatic N) is 1. The van der Waals surface area contributed by atoms with Crippen molar-refractivity contribution in [3.8, 4) is 5.75 Å². The minimum atomic E-state index is -0.506. The average Bonchev–Trinajstić information content (AvgIpc) is 2.88. The van der Waals surface area contributed by atoms with Gasteiger partial charge in [0.05, 0.1) is 0 Å². The van der Waals surface area contributed by atoms with Gasteiger partial charge in [-0.15, -0.1) is 0 Å². The zero-order valence-corrected chi connectivity index (χ0v) is 25.4. The van der Waals surface area contributed by atoms with Crippen molar-refractivity contribution in [3.05, 3.63) is 81.7 Å². The molecule has 0 bridgehead atoms. The molecule has 2 aliphatic carbocycles. The average molecular weight is 555 g/mol. The fourth-order valence-electron chi connectivity index (χ4n) is 6.81. The molecule has 6 nitrogen and oxygen atoms in total. The number of ketones is 2. The lowest BCUT2D eigenvalue weighted by Gasteiger charge is -2.49. The van der Waals surface area contributed by atoms with E-state index >= 15 is 0 Å². The van der Waals surface area contributed by atoms with E-state index in [0.29, 0.717) is 36.3 Å². The first-order valence-electron chi connectivity index (χ1n) is 14.7. The molecule has 0 saturated carbocycles. The lowest BCUT2D eigenvalue weighted by Crippen LogP contribution is -2.44. The second-order valence-electron chi connectivity index (χ2n) is 13.4. The molecule has 5 rings (SSSR count). The number of para-hydroxylation sites is 1. The Bertz CT molecular complexity index is 1440. The van der Waals surface area contributed by atoms with Gasteiger partial charge in [-0.25, -0.2) is 0 Å². The van der Waals surface area contributed by atoms with Crippen molar-refractivity contribution in [2.24, 2.45) is 10.8 Å². The van der Waals surface area contributed by atoms with E-state index in [-0.39, 0.29) is 34.9 Å². The fourth-order valence-corrected chi connectivity index (χ4v) is 6.81. The number of amides is 1. The summed E-state index contributed by atoms with van der Waals surface area (Å²) in [5, 5.41) is 2.96. The van der Waals surface area contributed by atoms with Crippen molar-refractivity contribution in [2.75, 3.05) is 18.5 Å². The number of hydrogen-bond donors (Lipinski definition) is 1. The summed E-state index contributed by atoms with van der Waals surface area (Å²) in [5.74, 6) is -0.0707. The standard InChI is InChI=1S/C35H42N2O4/c1-8-37-25-16-34(4,5)18-27(38)32(25)31(33-26(37)17-35(6,7)19-28(33)39)23-13-9-10-15-29(23)41-20-30(40)36-24-14-11-12-21(2)22(24)3/h9-15,31H,8,16-20H2,1-7H3,(H,36,40). The number of carbonyl (C=O) groups is 3. The Morgan fingerprint density at radius 1 is 0.878 bits per heavy atom. The summed E-state index contributed by atoms with van der Waals surface area (Å²) in [6, 6.07) is 13.4. The van der Waals surface area contributed by atoms with E-state index in [1.54, 1.807) is 0 Å². The highest BCUT2D eigenvalue weighted by molar-refractivity contribution is 6.07. The number of ether oxygens (including phenoxy) is 1. The van der Waals surface area contributed by atoms with Crippen molar-refractivity contribution in [1.29, 1.82) is 0 Å². The zero-order valence-electron chi connectivity index (χ0n) is 25.4. The van der Waals surface area contributed by atoms with Crippen LogP contribution in [0, 0.1) is 24.7 Å². The molecule has 0 atom stereocenters. The fraction of sp³-hybridized carbons (Fsp3) is 0.457. The molecule has 6 heteroatoms. The van der Waals surface area contributed by atoms with E-state index in [1.807, 2.05) is 56.3 Å². The number of carbonyl (C=O) groups excluding carboxylic acids is 3. The molecule has 0 radical (unpaired) electrons. The number of benzene rings is 2. The Balaban J connectivity index is 1.56. The Morgan fingerprint density at radius 3 is 2.05 bits per heavy atom. The number of aryl methyl sites for hydroxylation is 1. The van der Waals surface area contributed by atoms with Crippen LogP contribution in [0.3, 0.4) is 0 Å². The first-order valence-corrected chi connectivity index (χ1v) is 14.7. The van der Waals surface area contributed by atoms with E-state index in [2.05, 4.69) is 44.8 Å². The SMILES string of the molecule is CCN1C2=C(C(=O)CC(C)(C)C2)C(c2ccccc2OCC(=O)Nc2cccc(C)c2C)C2=C1CC(C)(C)CC2=O. The van der Waals surface area contributed by atoms with Gasteiger partial charge in [0.2, 0.25) is 0 Å². The van der Waals surface area contributed by atoms with Crippen LogP contribution in [0.4, 0.5) is 5.69 Å². The van der Waals surface area contributed by atoms with Gasteiger partial charge in [-0.1, -0.05) is 58.0 Å².